The van der Waals surface area contributed by atoms with Crippen molar-refractivity contribution in [2.24, 2.45) is 0 Å². The van der Waals surface area contributed by atoms with Crippen molar-refractivity contribution in [2.75, 3.05) is 7.11 Å². The van der Waals surface area contributed by atoms with E-state index in [2.05, 4.69) is 0 Å². The highest BCUT2D eigenvalue weighted by atomic mass is 19.2. The number of hydrogen-bond donors (Lipinski definition) is 0. The van der Waals surface area contributed by atoms with Gasteiger partial charge in [-0.05, 0) is 55.4 Å². The molecule has 0 saturated heterocycles. The molecule has 0 spiro atoms. The van der Waals surface area contributed by atoms with E-state index in [0.717, 1.165) is 30.5 Å². The molecule has 0 heterocycles. The summed E-state index contributed by atoms with van der Waals surface area (Å²) in [5, 5.41) is 8.38. The largest absolute Gasteiger partial charge is 0.374 e. The molecule has 1 aromatic rings. The zero-order valence-corrected chi connectivity index (χ0v) is 12.9. The third kappa shape index (κ3) is 4.23. The van der Waals surface area contributed by atoms with Crippen LogP contribution in [0.2, 0.25) is 0 Å². The molecule has 0 aliphatic heterocycles. The van der Waals surface area contributed by atoms with Crippen LogP contribution >= 0.6 is 0 Å². The molecule has 2 nitrogen and oxygen atoms in total. The van der Waals surface area contributed by atoms with Gasteiger partial charge >= 0.3 is 0 Å². The number of methoxy groups -OCH3 is 1. The lowest BCUT2D eigenvalue weighted by molar-refractivity contribution is -0.00222. The van der Waals surface area contributed by atoms with Gasteiger partial charge in [-0.25, -0.2) is 8.78 Å². The van der Waals surface area contributed by atoms with E-state index < -0.39 is 23.1 Å². The van der Waals surface area contributed by atoms with Crippen LogP contribution < -0.4 is 0 Å². The van der Waals surface area contributed by atoms with Crippen molar-refractivity contribution in [3.8, 4) is 6.07 Å². The summed E-state index contributed by atoms with van der Waals surface area (Å²) in [6, 6.07) is 5.42. The van der Waals surface area contributed by atoms with Crippen LogP contribution in [0.3, 0.4) is 0 Å². The number of ether oxygens (including phenoxy) is 1. The molecule has 5 heteroatoms. The lowest BCUT2D eigenvalue weighted by Crippen LogP contribution is -2.33. The Bertz CT molecular complexity index is 653. The standard InChI is InChI=1S/C18H18F3NO/c1-23-18(8-2-3-15(19)12-22)9-6-13(7-10-18)14-4-5-16(20)17(21)11-14/h2-5,8,11,13H,6-7,9-10H2,1H3/t13-,18+. The highest BCUT2D eigenvalue weighted by Gasteiger charge is 2.33. The third-order valence-electron chi connectivity index (χ3n) is 4.40. The number of allylic oxidation sites excluding steroid dienone is 3. The van der Waals surface area contributed by atoms with Gasteiger partial charge < -0.3 is 4.74 Å². The predicted molar refractivity (Wildman–Crippen MR) is 81.3 cm³/mol. The first-order valence-corrected chi connectivity index (χ1v) is 7.45. The summed E-state index contributed by atoms with van der Waals surface area (Å²) in [4.78, 5) is 0. The van der Waals surface area contributed by atoms with Crippen molar-refractivity contribution in [1.29, 1.82) is 5.26 Å². The predicted octanol–water partition coefficient (Wildman–Crippen LogP) is 4.94. The van der Waals surface area contributed by atoms with Crippen LogP contribution in [-0.4, -0.2) is 12.7 Å². The van der Waals surface area contributed by atoms with Crippen LogP contribution in [0, 0.1) is 23.0 Å². The fraction of sp³-hybridized carbons (Fsp3) is 0.389. The zero-order valence-electron chi connectivity index (χ0n) is 12.9. The minimum absolute atomic E-state index is 0.146. The van der Waals surface area contributed by atoms with Gasteiger partial charge in [0.05, 0.1) is 5.60 Å². The van der Waals surface area contributed by atoms with Gasteiger partial charge in [0.15, 0.2) is 17.5 Å². The van der Waals surface area contributed by atoms with E-state index in [1.807, 2.05) is 0 Å². The van der Waals surface area contributed by atoms with Gasteiger partial charge in [-0.3, -0.25) is 0 Å². The van der Waals surface area contributed by atoms with Crippen molar-refractivity contribution >= 4 is 0 Å². The van der Waals surface area contributed by atoms with E-state index in [-0.39, 0.29) is 5.92 Å². The average molecular weight is 321 g/mol. The Morgan fingerprint density at radius 1 is 1.30 bits per heavy atom. The molecule has 0 unspecified atom stereocenters. The fourth-order valence-electron chi connectivity index (χ4n) is 2.99. The molecule has 0 radical (unpaired) electrons. The molecule has 1 saturated carbocycles. The molecule has 1 aliphatic rings. The number of nitrogens with zero attached hydrogens (tertiary/aromatic N) is 1. The lowest BCUT2D eigenvalue weighted by atomic mass is 9.76. The third-order valence-corrected chi connectivity index (χ3v) is 4.40. The molecule has 2 rings (SSSR count). The second-order valence-corrected chi connectivity index (χ2v) is 5.70. The fourth-order valence-corrected chi connectivity index (χ4v) is 2.99. The monoisotopic (exact) mass is 321 g/mol. The summed E-state index contributed by atoms with van der Waals surface area (Å²) in [6.45, 7) is 0. The zero-order chi connectivity index (χ0) is 16.9. The number of hydrogen-bond acceptors (Lipinski definition) is 2. The van der Waals surface area contributed by atoms with E-state index in [4.69, 9.17) is 10.00 Å². The van der Waals surface area contributed by atoms with Gasteiger partial charge in [0.1, 0.15) is 6.07 Å². The Morgan fingerprint density at radius 2 is 2.00 bits per heavy atom. The van der Waals surface area contributed by atoms with E-state index in [1.165, 1.54) is 18.2 Å². The van der Waals surface area contributed by atoms with Crippen molar-refractivity contribution < 1.29 is 17.9 Å². The minimum atomic E-state index is -0.858. The van der Waals surface area contributed by atoms with Gasteiger partial charge in [-0.1, -0.05) is 18.2 Å². The molecule has 0 N–H and O–H groups in total. The van der Waals surface area contributed by atoms with Gasteiger partial charge in [0, 0.05) is 7.11 Å². The van der Waals surface area contributed by atoms with Crippen molar-refractivity contribution in [3.05, 3.63) is 59.5 Å². The molecule has 0 aromatic heterocycles. The molecule has 0 atom stereocenters. The molecule has 1 aliphatic carbocycles. The molecule has 0 amide bonds. The van der Waals surface area contributed by atoms with Crippen LogP contribution in [0.5, 0.6) is 0 Å². The Balaban J connectivity index is 2.06. The van der Waals surface area contributed by atoms with Crippen LogP contribution in [0.1, 0.15) is 37.2 Å². The number of nitriles is 1. The maximum absolute atomic E-state index is 13.3. The summed E-state index contributed by atoms with van der Waals surface area (Å²) in [5.74, 6) is -2.38. The Kier molecular flexibility index (Phi) is 5.62. The first-order chi connectivity index (χ1) is 11.0. The molecular formula is C18H18F3NO. The molecule has 0 bridgehead atoms. The summed E-state index contributed by atoms with van der Waals surface area (Å²) in [6.07, 6.45) is 7.23. The minimum Gasteiger partial charge on any atom is -0.374 e. The Labute approximate surface area is 133 Å². The van der Waals surface area contributed by atoms with Crippen LogP contribution in [0.25, 0.3) is 0 Å². The lowest BCUT2D eigenvalue weighted by Gasteiger charge is -2.37. The first kappa shape index (κ1) is 17.3. The molecule has 122 valence electrons. The van der Waals surface area contributed by atoms with E-state index in [9.17, 15) is 13.2 Å². The van der Waals surface area contributed by atoms with Gasteiger partial charge in [0.25, 0.3) is 0 Å². The van der Waals surface area contributed by atoms with E-state index in [0.29, 0.717) is 12.8 Å². The van der Waals surface area contributed by atoms with Gasteiger partial charge in [0.2, 0.25) is 0 Å². The van der Waals surface area contributed by atoms with Crippen LogP contribution in [0.15, 0.2) is 42.3 Å². The van der Waals surface area contributed by atoms with E-state index in [1.54, 1.807) is 19.3 Å². The number of benzene rings is 1. The first-order valence-electron chi connectivity index (χ1n) is 7.45. The topological polar surface area (TPSA) is 33.0 Å². The van der Waals surface area contributed by atoms with Crippen molar-refractivity contribution in [2.45, 2.75) is 37.2 Å². The highest BCUT2D eigenvalue weighted by molar-refractivity contribution is 5.25. The second-order valence-electron chi connectivity index (χ2n) is 5.70. The van der Waals surface area contributed by atoms with Crippen molar-refractivity contribution in [3.63, 3.8) is 0 Å². The summed E-state index contributed by atoms with van der Waals surface area (Å²) < 4.78 is 44.7. The maximum Gasteiger partial charge on any atom is 0.199 e. The average Bonchev–Trinajstić information content (AvgIpc) is 2.58. The summed E-state index contributed by atoms with van der Waals surface area (Å²) in [5.41, 5.74) is 0.273. The summed E-state index contributed by atoms with van der Waals surface area (Å²) >= 11 is 0. The van der Waals surface area contributed by atoms with Crippen molar-refractivity contribution in [1.82, 2.24) is 0 Å². The SMILES string of the molecule is CO[C@]1(C=CC=C(F)C#N)CC[C@H](c2ccc(F)c(F)c2)CC1. The maximum atomic E-state index is 13.3. The second kappa shape index (κ2) is 7.47. The number of halogens is 3. The van der Waals surface area contributed by atoms with E-state index >= 15 is 0 Å². The van der Waals surface area contributed by atoms with Gasteiger partial charge in [-0.15, -0.1) is 0 Å². The smallest absolute Gasteiger partial charge is 0.199 e. The number of rotatable bonds is 4. The Morgan fingerprint density at radius 3 is 2.57 bits per heavy atom. The Hall–Kier alpha value is -2.06. The van der Waals surface area contributed by atoms with Gasteiger partial charge in [-0.2, -0.15) is 9.65 Å². The molecule has 1 aromatic carbocycles. The quantitative estimate of drug-likeness (QED) is 0.581. The molecule has 23 heavy (non-hydrogen) atoms. The molecular weight excluding hydrogens is 303 g/mol. The normalized spacial score (nSPS) is 25.5. The molecule has 1 fully saturated rings. The van der Waals surface area contributed by atoms with Crippen LogP contribution in [-0.2, 0) is 4.74 Å². The highest BCUT2D eigenvalue weighted by Crippen LogP contribution is 2.40. The van der Waals surface area contributed by atoms with Crippen LogP contribution in [0.4, 0.5) is 13.2 Å². The summed E-state index contributed by atoms with van der Waals surface area (Å²) in [7, 11) is 1.59.